The van der Waals surface area contributed by atoms with Gasteiger partial charge in [0.2, 0.25) is 0 Å². The molecule has 2 N–H and O–H groups in total. The van der Waals surface area contributed by atoms with Crippen molar-refractivity contribution in [3.05, 3.63) is 28.8 Å². The average molecular weight is 296 g/mol. The highest BCUT2D eigenvalue weighted by Crippen LogP contribution is 2.20. The highest BCUT2D eigenvalue weighted by atomic mass is 35.5. The largest absolute Gasteiger partial charge is 0.398 e. The first-order valence-corrected chi connectivity index (χ1v) is 7.87. The summed E-state index contributed by atoms with van der Waals surface area (Å²) in [4.78, 5) is 4.94. The molecule has 0 unspecified atom stereocenters. The average Bonchev–Trinajstić information content (AvgIpc) is 2.43. The van der Waals surface area contributed by atoms with E-state index in [1.54, 1.807) is 0 Å². The van der Waals surface area contributed by atoms with Crippen molar-refractivity contribution in [2.75, 3.05) is 39.5 Å². The Labute approximate surface area is 127 Å². The lowest BCUT2D eigenvalue weighted by Crippen LogP contribution is -2.42. The van der Waals surface area contributed by atoms with Crippen molar-refractivity contribution in [3.63, 3.8) is 0 Å². The standard InChI is InChI=1S/C16H26ClN3/c1-19-10-7-14(8-11-19)20(2)9-3-4-13-5-6-15(17)16(18)12-13/h5-6,12,14H,3-4,7-11,18H2,1-2H3. The Hall–Kier alpha value is -0.770. The first kappa shape index (κ1) is 15.6. The summed E-state index contributed by atoms with van der Waals surface area (Å²) in [7, 11) is 4.47. The minimum absolute atomic E-state index is 0.650. The molecule has 1 aromatic rings. The smallest absolute Gasteiger partial charge is 0.0635 e. The number of piperidine rings is 1. The maximum absolute atomic E-state index is 5.94. The molecule has 0 saturated carbocycles. The highest BCUT2D eigenvalue weighted by Gasteiger charge is 2.19. The van der Waals surface area contributed by atoms with Crippen LogP contribution < -0.4 is 5.73 Å². The fourth-order valence-corrected chi connectivity index (χ4v) is 3.02. The summed E-state index contributed by atoms with van der Waals surface area (Å²) in [6.07, 6.45) is 4.82. The van der Waals surface area contributed by atoms with Crippen molar-refractivity contribution in [1.82, 2.24) is 9.80 Å². The molecule has 1 aliphatic rings. The molecule has 1 saturated heterocycles. The monoisotopic (exact) mass is 295 g/mol. The minimum atomic E-state index is 0.650. The summed E-state index contributed by atoms with van der Waals surface area (Å²) >= 11 is 5.94. The molecule has 1 aliphatic heterocycles. The van der Waals surface area contributed by atoms with Gasteiger partial charge in [0.25, 0.3) is 0 Å². The summed E-state index contributed by atoms with van der Waals surface area (Å²) in [5.41, 5.74) is 7.80. The van der Waals surface area contributed by atoms with Gasteiger partial charge in [0.05, 0.1) is 10.7 Å². The van der Waals surface area contributed by atoms with E-state index in [9.17, 15) is 0 Å². The summed E-state index contributed by atoms with van der Waals surface area (Å²) in [6, 6.07) is 6.72. The lowest BCUT2D eigenvalue weighted by atomic mass is 10.0. The molecule has 112 valence electrons. The Morgan fingerprint density at radius 1 is 1.35 bits per heavy atom. The summed E-state index contributed by atoms with van der Waals surface area (Å²) in [5.74, 6) is 0. The van der Waals surface area contributed by atoms with E-state index in [-0.39, 0.29) is 0 Å². The first-order valence-electron chi connectivity index (χ1n) is 7.49. The van der Waals surface area contributed by atoms with Gasteiger partial charge >= 0.3 is 0 Å². The van der Waals surface area contributed by atoms with Gasteiger partial charge in [-0.15, -0.1) is 0 Å². The molecule has 0 aromatic heterocycles. The SMILES string of the molecule is CN1CCC(N(C)CCCc2ccc(Cl)c(N)c2)CC1. The Balaban J connectivity index is 1.73. The van der Waals surface area contributed by atoms with Gasteiger partial charge in [-0.05, 0) is 77.1 Å². The summed E-state index contributed by atoms with van der Waals surface area (Å²) in [6.45, 7) is 3.60. The predicted molar refractivity (Wildman–Crippen MR) is 87.3 cm³/mol. The van der Waals surface area contributed by atoms with Crippen molar-refractivity contribution in [3.8, 4) is 0 Å². The third-order valence-corrected chi connectivity index (χ3v) is 4.69. The maximum Gasteiger partial charge on any atom is 0.0635 e. The van der Waals surface area contributed by atoms with E-state index < -0.39 is 0 Å². The molecule has 2 rings (SSSR count). The van der Waals surface area contributed by atoms with Gasteiger partial charge in [0.1, 0.15) is 0 Å². The number of likely N-dealkylation sites (tertiary alicyclic amines) is 1. The Morgan fingerprint density at radius 3 is 2.70 bits per heavy atom. The summed E-state index contributed by atoms with van der Waals surface area (Å²) < 4.78 is 0. The van der Waals surface area contributed by atoms with Crippen molar-refractivity contribution in [2.24, 2.45) is 0 Å². The number of nitrogens with two attached hydrogens (primary N) is 1. The number of nitrogen functional groups attached to an aromatic ring is 1. The predicted octanol–water partition coefficient (Wildman–Crippen LogP) is 2.88. The van der Waals surface area contributed by atoms with E-state index >= 15 is 0 Å². The molecule has 0 spiro atoms. The lowest BCUT2D eigenvalue weighted by Gasteiger charge is -2.35. The summed E-state index contributed by atoms with van der Waals surface area (Å²) in [5, 5.41) is 0.650. The zero-order valence-corrected chi connectivity index (χ0v) is 13.4. The molecule has 3 nitrogen and oxygen atoms in total. The van der Waals surface area contributed by atoms with Crippen LogP contribution in [0.2, 0.25) is 5.02 Å². The van der Waals surface area contributed by atoms with Gasteiger partial charge in [-0.25, -0.2) is 0 Å². The van der Waals surface area contributed by atoms with Crippen molar-refractivity contribution >= 4 is 17.3 Å². The number of anilines is 1. The van der Waals surface area contributed by atoms with Crippen molar-refractivity contribution in [1.29, 1.82) is 0 Å². The van der Waals surface area contributed by atoms with Crippen LogP contribution in [0.1, 0.15) is 24.8 Å². The van der Waals surface area contributed by atoms with Crippen LogP contribution in [-0.4, -0.2) is 49.6 Å². The van der Waals surface area contributed by atoms with Crippen LogP contribution in [0.3, 0.4) is 0 Å². The van der Waals surface area contributed by atoms with Crippen molar-refractivity contribution < 1.29 is 0 Å². The van der Waals surface area contributed by atoms with Gasteiger partial charge in [0, 0.05) is 6.04 Å². The molecular formula is C16H26ClN3. The molecule has 0 bridgehead atoms. The lowest BCUT2D eigenvalue weighted by molar-refractivity contribution is 0.143. The molecule has 4 heteroatoms. The number of aryl methyl sites for hydroxylation is 1. The maximum atomic E-state index is 5.94. The van der Waals surface area contributed by atoms with E-state index in [1.165, 1.54) is 37.9 Å². The van der Waals surface area contributed by atoms with E-state index in [0.29, 0.717) is 10.7 Å². The number of halogens is 1. The number of hydrogen-bond donors (Lipinski definition) is 1. The van der Waals surface area contributed by atoms with Gasteiger partial charge in [0.15, 0.2) is 0 Å². The molecular weight excluding hydrogens is 270 g/mol. The van der Waals surface area contributed by atoms with Gasteiger partial charge in [-0.1, -0.05) is 17.7 Å². The van der Waals surface area contributed by atoms with Gasteiger partial charge in [-0.2, -0.15) is 0 Å². The number of nitrogens with zero attached hydrogens (tertiary/aromatic N) is 2. The molecule has 0 atom stereocenters. The van der Waals surface area contributed by atoms with Crippen LogP contribution in [0, 0.1) is 0 Å². The quantitative estimate of drug-likeness (QED) is 0.848. The van der Waals surface area contributed by atoms with Crippen LogP contribution in [0.5, 0.6) is 0 Å². The normalized spacial score (nSPS) is 17.8. The number of benzene rings is 1. The second-order valence-electron chi connectivity index (χ2n) is 5.97. The third kappa shape index (κ3) is 4.37. The molecule has 0 radical (unpaired) electrons. The second-order valence-corrected chi connectivity index (χ2v) is 6.38. The fraction of sp³-hybridized carbons (Fsp3) is 0.625. The number of rotatable bonds is 5. The topological polar surface area (TPSA) is 32.5 Å². The first-order chi connectivity index (χ1) is 9.56. The van der Waals surface area contributed by atoms with Gasteiger partial charge < -0.3 is 15.5 Å². The van der Waals surface area contributed by atoms with E-state index in [2.05, 4.69) is 30.0 Å². The van der Waals surface area contributed by atoms with E-state index in [0.717, 1.165) is 19.0 Å². The Bertz CT molecular complexity index is 428. The minimum Gasteiger partial charge on any atom is -0.398 e. The van der Waals surface area contributed by atoms with E-state index in [1.807, 2.05) is 12.1 Å². The van der Waals surface area contributed by atoms with Crippen LogP contribution in [0.25, 0.3) is 0 Å². The highest BCUT2D eigenvalue weighted by molar-refractivity contribution is 6.33. The molecule has 0 aliphatic carbocycles. The number of hydrogen-bond acceptors (Lipinski definition) is 3. The van der Waals surface area contributed by atoms with Gasteiger partial charge in [-0.3, -0.25) is 0 Å². The second kappa shape index (κ2) is 7.30. The van der Waals surface area contributed by atoms with Crippen molar-refractivity contribution in [2.45, 2.75) is 31.7 Å². The molecule has 1 heterocycles. The van der Waals surface area contributed by atoms with Crippen LogP contribution in [0.15, 0.2) is 18.2 Å². The molecule has 1 fully saturated rings. The zero-order chi connectivity index (χ0) is 14.5. The van der Waals surface area contributed by atoms with Crippen LogP contribution in [-0.2, 0) is 6.42 Å². The van der Waals surface area contributed by atoms with Crippen LogP contribution in [0.4, 0.5) is 5.69 Å². The molecule has 1 aromatic carbocycles. The fourth-order valence-electron chi connectivity index (χ4n) is 2.90. The molecule has 0 amide bonds. The molecule has 20 heavy (non-hydrogen) atoms. The van der Waals surface area contributed by atoms with E-state index in [4.69, 9.17) is 17.3 Å². The zero-order valence-electron chi connectivity index (χ0n) is 12.6. The Morgan fingerprint density at radius 2 is 2.05 bits per heavy atom. The Kier molecular flexibility index (Phi) is 5.70. The third-order valence-electron chi connectivity index (χ3n) is 4.35. The van der Waals surface area contributed by atoms with Crippen LogP contribution >= 0.6 is 11.6 Å².